The van der Waals surface area contributed by atoms with Gasteiger partial charge >= 0.3 is 6.09 Å². The highest BCUT2D eigenvalue weighted by atomic mass is 32.2. The lowest BCUT2D eigenvalue weighted by atomic mass is 9.92. The smallest absolute Gasteiger partial charge is 0.408 e. The Morgan fingerprint density at radius 3 is 2.43 bits per heavy atom. The highest BCUT2D eigenvalue weighted by Crippen LogP contribution is 2.46. The van der Waals surface area contributed by atoms with E-state index in [1.54, 1.807) is 34.1 Å². The first-order chi connectivity index (χ1) is 25.0. The molecule has 2 aliphatic heterocycles. The molecule has 14 nitrogen and oxygen atoms in total. The lowest BCUT2D eigenvalue weighted by molar-refractivity contribution is -0.142. The Kier molecular flexibility index (Phi) is 10.7. The number of methoxy groups -OCH3 is 1. The van der Waals surface area contributed by atoms with E-state index in [-0.39, 0.29) is 31.2 Å². The van der Waals surface area contributed by atoms with Crippen LogP contribution in [-0.2, 0) is 29.1 Å². The molecule has 3 heterocycles. The van der Waals surface area contributed by atoms with E-state index in [4.69, 9.17) is 14.2 Å². The number of carbonyl (C=O) groups is 4. The Morgan fingerprint density at radius 1 is 1.04 bits per heavy atom. The Hall–Kier alpha value is -4.40. The van der Waals surface area contributed by atoms with Crippen LogP contribution in [0.25, 0.3) is 10.8 Å². The van der Waals surface area contributed by atoms with Crippen LogP contribution in [0.1, 0.15) is 79.6 Å². The first-order valence-corrected chi connectivity index (χ1v) is 20.0. The second kappa shape index (κ2) is 14.8. The van der Waals surface area contributed by atoms with Gasteiger partial charge in [-0.1, -0.05) is 50.6 Å². The fourth-order valence-corrected chi connectivity index (χ4v) is 8.67. The summed E-state index contributed by atoms with van der Waals surface area (Å²) in [4.78, 5) is 61.9. The van der Waals surface area contributed by atoms with Crippen LogP contribution >= 0.6 is 0 Å². The number of nitrogens with zero attached hydrogens (tertiary/aromatic N) is 2. The average Bonchev–Trinajstić information content (AvgIpc) is 4.02. The predicted molar refractivity (Wildman–Crippen MR) is 196 cm³/mol. The van der Waals surface area contributed by atoms with E-state index in [2.05, 4.69) is 20.3 Å². The second-order valence-electron chi connectivity index (χ2n) is 16.0. The van der Waals surface area contributed by atoms with Crippen molar-refractivity contribution in [3.8, 4) is 11.6 Å². The fraction of sp³-hybridized carbons (Fsp3) is 0.605. The Balaban J connectivity index is 1.35. The van der Waals surface area contributed by atoms with Crippen molar-refractivity contribution < 1.29 is 41.8 Å². The number of amides is 4. The third-order valence-electron chi connectivity index (χ3n) is 10.5. The molecule has 2 aliphatic carbocycles. The van der Waals surface area contributed by atoms with Crippen LogP contribution < -0.4 is 24.8 Å². The number of nitrogens with one attached hydrogen (secondary N) is 3. The third kappa shape index (κ3) is 8.55. The van der Waals surface area contributed by atoms with Crippen LogP contribution in [0.2, 0.25) is 0 Å². The molecule has 4 amide bonds. The minimum atomic E-state index is -3.90. The van der Waals surface area contributed by atoms with Gasteiger partial charge in [0.2, 0.25) is 27.7 Å². The Bertz CT molecular complexity index is 1890. The molecule has 1 aromatic carbocycles. The van der Waals surface area contributed by atoms with E-state index < -0.39 is 74.3 Å². The molecule has 3 N–H and O–H groups in total. The summed E-state index contributed by atoms with van der Waals surface area (Å²) in [6.07, 6.45) is 7.27. The van der Waals surface area contributed by atoms with Crippen molar-refractivity contribution in [3.05, 3.63) is 42.6 Å². The number of alkyl carbamates (subject to hydrolysis) is 1. The van der Waals surface area contributed by atoms with Crippen molar-refractivity contribution >= 4 is 44.6 Å². The summed E-state index contributed by atoms with van der Waals surface area (Å²) in [5.74, 6) is -1.73. The first-order valence-electron chi connectivity index (χ1n) is 18.5. The molecule has 6 rings (SSSR count). The molecule has 0 bridgehead atoms. The molecular weight excluding hydrogens is 703 g/mol. The van der Waals surface area contributed by atoms with E-state index in [0.29, 0.717) is 36.3 Å². The summed E-state index contributed by atoms with van der Waals surface area (Å²) in [5, 5.41) is 6.51. The highest BCUT2D eigenvalue weighted by molar-refractivity contribution is 7.91. The van der Waals surface area contributed by atoms with Gasteiger partial charge in [-0.15, -0.1) is 0 Å². The van der Waals surface area contributed by atoms with E-state index in [0.717, 1.165) is 18.2 Å². The van der Waals surface area contributed by atoms with E-state index in [9.17, 15) is 27.6 Å². The Labute approximate surface area is 310 Å². The second-order valence-corrected chi connectivity index (χ2v) is 18.0. The fourth-order valence-electron chi connectivity index (χ4n) is 7.31. The van der Waals surface area contributed by atoms with Gasteiger partial charge in [0.05, 0.1) is 25.1 Å². The van der Waals surface area contributed by atoms with Gasteiger partial charge in [-0.05, 0) is 70.8 Å². The van der Waals surface area contributed by atoms with Crippen LogP contribution in [0.15, 0.2) is 42.6 Å². The number of aromatic nitrogens is 1. The van der Waals surface area contributed by atoms with E-state index in [1.807, 2.05) is 50.3 Å². The summed E-state index contributed by atoms with van der Waals surface area (Å²) < 4.78 is 45.4. The standard InChI is InChI=1S/C38H51N5O9S/c1-22-10-9-11-23(2)31(40-36(47)52-37(3,4)5)34(45)43-21-25(51-33-28-13-8-7-12-27(28)30(50-6)20-39-33)18-29(43)32(44)41-38(19-24(38)15-14-22)35(46)42-53(48,49)26-16-17-26/h7-8,12-15,20,22-26,29,31H,9-11,16-19,21H2,1-6H3,(H,40,47)(H,41,44)(H,42,46)/b15-14-/t22-,23-,24-,25-,29?,31+,38-/m1/s1. The molecule has 3 fully saturated rings. The van der Waals surface area contributed by atoms with Gasteiger partial charge in [0.25, 0.3) is 5.91 Å². The molecule has 15 heteroatoms. The monoisotopic (exact) mass is 753 g/mol. The number of pyridine rings is 1. The van der Waals surface area contributed by atoms with Crippen molar-refractivity contribution in [3.63, 3.8) is 0 Å². The van der Waals surface area contributed by atoms with Gasteiger partial charge in [-0.2, -0.15) is 0 Å². The molecule has 53 heavy (non-hydrogen) atoms. The van der Waals surface area contributed by atoms with E-state index >= 15 is 0 Å². The van der Waals surface area contributed by atoms with Gasteiger partial charge in [-0.25, -0.2) is 18.2 Å². The average molecular weight is 754 g/mol. The zero-order valence-corrected chi connectivity index (χ0v) is 32.0. The Morgan fingerprint density at radius 2 is 1.75 bits per heavy atom. The molecule has 1 aromatic heterocycles. The maximum atomic E-state index is 14.7. The van der Waals surface area contributed by atoms with Crippen molar-refractivity contribution in [2.24, 2.45) is 17.8 Å². The molecule has 2 aromatic rings. The lowest BCUT2D eigenvalue weighted by Crippen LogP contribution is -2.59. The van der Waals surface area contributed by atoms with Gasteiger partial charge < -0.3 is 29.7 Å². The summed E-state index contributed by atoms with van der Waals surface area (Å²) >= 11 is 0. The van der Waals surface area contributed by atoms with Crippen LogP contribution in [0.4, 0.5) is 4.79 Å². The minimum Gasteiger partial charge on any atom is -0.494 e. The number of sulfonamides is 1. The summed E-state index contributed by atoms with van der Waals surface area (Å²) in [5.41, 5.74) is -2.33. The van der Waals surface area contributed by atoms with Crippen molar-refractivity contribution in [2.75, 3.05) is 13.7 Å². The molecule has 7 atom stereocenters. The largest absolute Gasteiger partial charge is 0.494 e. The van der Waals surface area contributed by atoms with Crippen LogP contribution in [0.3, 0.4) is 0 Å². The van der Waals surface area contributed by atoms with Crippen molar-refractivity contribution in [1.82, 2.24) is 25.2 Å². The zero-order chi connectivity index (χ0) is 38.3. The third-order valence-corrected chi connectivity index (χ3v) is 12.4. The maximum absolute atomic E-state index is 14.7. The number of fused-ring (bicyclic) bond motifs is 3. The number of allylic oxidation sites excluding steroid dienone is 1. The predicted octanol–water partition coefficient (Wildman–Crippen LogP) is 3.98. The molecular formula is C38H51N5O9S. The zero-order valence-electron chi connectivity index (χ0n) is 31.2. The van der Waals surface area contributed by atoms with Gasteiger partial charge in [0.1, 0.15) is 35.1 Å². The summed E-state index contributed by atoms with van der Waals surface area (Å²) in [6, 6.07) is 5.27. The van der Waals surface area contributed by atoms with Crippen molar-refractivity contribution in [1.29, 1.82) is 0 Å². The maximum Gasteiger partial charge on any atom is 0.408 e. The minimum absolute atomic E-state index is 0.0200. The topological polar surface area (TPSA) is 182 Å². The number of carbonyl (C=O) groups excluding carboxylic acids is 4. The molecule has 2 saturated carbocycles. The van der Waals surface area contributed by atoms with Crippen LogP contribution in [0.5, 0.6) is 11.6 Å². The molecule has 1 unspecified atom stereocenters. The number of hydrogen-bond acceptors (Lipinski definition) is 10. The molecule has 288 valence electrons. The van der Waals surface area contributed by atoms with Crippen LogP contribution in [0, 0.1) is 17.8 Å². The van der Waals surface area contributed by atoms with Crippen LogP contribution in [-0.4, -0.2) is 90.3 Å². The normalized spacial score (nSPS) is 30.1. The SMILES string of the molecule is COc1cnc(O[C@@H]2CC3C(=O)N[C@]4(C(=O)NS(=O)(=O)C5CC5)C[C@H]4/C=C\[C@H](C)CCC[C@@H](C)[C@H](NC(=O)OC(C)(C)C)C(=O)N3C2)c2ccccc12. The molecule has 0 spiro atoms. The quantitative estimate of drug-likeness (QED) is 0.350. The van der Waals surface area contributed by atoms with Gasteiger partial charge in [-0.3, -0.25) is 19.1 Å². The number of rotatable bonds is 7. The van der Waals surface area contributed by atoms with Crippen molar-refractivity contribution in [2.45, 2.75) is 114 Å². The lowest BCUT2D eigenvalue weighted by Gasteiger charge is -2.32. The highest BCUT2D eigenvalue weighted by Gasteiger charge is 2.62. The summed E-state index contributed by atoms with van der Waals surface area (Å²) in [6.45, 7) is 9.10. The summed E-state index contributed by atoms with van der Waals surface area (Å²) in [7, 11) is -2.35. The molecule has 4 aliphatic rings. The number of hydrogen-bond donors (Lipinski definition) is 3. The van der Waals surface area contributed by atoms with E-state index in [1.165, 1.54) is 4.90 Å². The first kappa shape index (κ1) is 38.3. The van der Waals surface area contributed by atoms with Gasteiger partial charge in [0.15, 0.2) is 0 Å². The molecule has 0 radical (unpaired) electrons. The van der Waals surface area contributed by atoms with Gasteiger partial charge in [0, 0.05) is 23.1 Å². The number of benzene rings is 1. The molecule has 1 saturated heterocycles. The number of ether oxygens (including phenoxy) is 3.